The zero-order valence-electron chi connectivity index (χ0n) is 13.3. The lowest BCUT2D eigenvalue weighted by Crippen LogP contribution is -2.37. The van der Waals surface area contributed by atoms with Gasteiger partial charge in [0.15, 0.2) is 5.82 Å². The number of aromatic nitrogens is 4. The number of nitrogens with one attached hydrogen (secondary N) is 1. The highest BCUT2D eigenvalue weighted by Crippen LogP contribution is 2.27. The van der Waals surface area contributed by atoms with E-state index in [2.05, 4.69) is 36.3 Å². The largest absolute Gasteiger partial charge is 0.393 e. The van der Waals surface area contributed by atoms with Crippen molar-refractivity contribution in [2.75, 3.05) is 6.54 Å². The average molecular weight is 324 g/mol. The highest BCUT2D eigenvalue weighted by molar-refractivity contribution is 5.77. The van der Waals surface area contributed by atoms with Gasteiger partial charge in [-0.2, -0.15) is 5.10 Å². The highest BCUT2D eigenvalue weighted by atomic mass is 16.3. The molecule has 0 saturated heterocycles. The van der Waals surface area contributed by atoms with E-state index >= 15 is 0 Å². The van der Waals surface area contributed by atoms with Gasteiger partial charge in [0.05, 0.1) is 18.3 Å². The molecule has 2 aromatic rings. The van der Waals surface area contributed by atoms with Crippen LogP contribution >= 0.6 is 0 Å². The van der Waals surface area contributed by atoms with Gasteiger partial charge in [0.1, 0.15) is 12.0 Å². The Morgan fingerprint density at radius 2 is 2.00 bits per heavy atom. The van der Waals surface area contributed by atoms with Crippen molar-refractivity contribution >= 4 is 11.9 Å². The molecular weight excluding hydrogens is 304 g/mol. The molecular formula is C17H20N6O. The predicted octanol–water partition coefficient (Wildman–Crippen LogP) is 1.85. The quantitative estimate of drug-likeness (QED) is 0.899. The van der Waals surface area contributed by atoms with E-state index in [1.165, 1.54) is 6.33 Å². The number of hydrogen-bond acceptors (Lipinski definition) is 6. The second-order valence-electron chi connectivity index (χ2n) is 6.24. The lowest BCUT2D eigenvalue weighted by Gasteiger charge is -2.35. The summed E-state index contributed by atoms with van der Waals surface area (Å²) in [5.74, 6) is 0.588. The summed E-state index contributed by atoms with van der Waals surface area (Å²) in [6.07, 6.45) is 11.1. The Balaban J connectivity index is 1.51. The fourth-order valence-corrected chi connectivity index (χ4v) is 3.28. The Kier molecular flexibility index (Phi) is 4.08. The van der Waals surface area contributed by atoms with E-state index < -0.39 is 0 Å². The van der Waals surface area contributed by atoms with Crippen molar-refractivity contribution in [2.45, 2.75) is 37.8 Å². The maximum Gasteiger partial charge on any atom is 0.199 e. The van der Waals surface area contributed by atoms with Crippen molar-refractivity contribution in [1.29, 1.82) is 0 Å². The first kappa shape index (κ1) is 15.0. The van der Waals surface area contributed by atoms with E-state index in [0.29, 0.717) is 11.9 Å². The Bertz CT molecular complexity index is 729. The molecule has 0 spiro atoms. The molecule has 7 nitrogen and oxygen atoms in total. The minimum atomic E-state index is -0.129. The Hall–Kier alpha value is -2.54. The molecule has 0 atom stereocenters. The third kappa shape index (κ3) is 3.07. The number of H-pyrrole nitrogens is 1. The second kappa shape index (κ2) is 6.52. The smallest absolute Gasteiger partial charge is 0.199 e. The van der Waals surface area contributed by atoms with Crippen LogP contribution in [-0.2, 0) is 0 Å². The van der Waals surface area contributed by atoms with Crippen molar-refractivity contribution in [3.05, 3.63) is 36.4 Å². The number of rotatable bonds is 3. The zero-order valence-corrected chi connectivity index (χ0v) is 13.3. The van der Waals surface area contributed by atoms with Crippen LogP contribution in [0.1, 0.15) is 31.2 Å². The maximum atomic E-state index is 9.68. The minimum absolute atomic E-state index is 0.129. The van der Waals surface area contributed by atoms with E-state index in [4.69, 9.17) is 0 Å². The molecule has 1 saturated carbocycles. The molecule has 1 aliphatic heterocycles. The van der Waals surface area contributed by atoms with Gasteiger partial charge in [-0.15, -0.1) is 0 Å². The average Bonchev–Trinajstić information content (AvgIpc) is 3.17. The van der Waals surface area contributed by atoms with Crippen LogP contribution in [0.2, 0.25) is 0 Å². The molecule has 0 radical (unpaired) electrons. The van der Waals surface area contributed by atoms with Crippen LogP contribution in [0.15, 0.2) is 35.8 Å². The van der Waals surface area contributed by atoms with Crippen LogP contribution in [0, 0.1) is 0 Å². The summed E-state index contributed by atoms with van der Waals surface area (Å²) in [5, 5.41) is 16.4. The molecule has 0 aromatic carbocycles. The first-order valence-electron chi connectivity index (χ1n) is 8.30. The summed E-state index contributed by atoms with van der Waals surface area (Å²) in [5.41, 5.74) is 2.63. The lowest BCUT2D eigenvalue weighted by molar-refractivity contribution is 0.0952. The zero-order chi connectivity index (χ0) is 16.4. The van der Waals surface area contributed by atoms with Crippen molar-refractivity contribution in [1.82, 2.24) is 25.1 Å². The van der Waals surface area contributed by atoms with Crippen LogP contribution in [0.25, 0.3) is 17.2 Å². The van der Waals surface area contributed by atoms with Crippen LogP contribution in [0.4, 0.5) is 0 Å². The molecule has 2 aromatic heterocycles. The van der Waals surface area contributed by atoms with Crippen LogP contribution < -0.4 is 0 Å². The fraction of sp³-hybridized carbons (Fsp3) is 0.412. The van der Waals surface area contributed by atoms with Gasteiger partial charge >= 0.3 is 0 Å². The van der Waals surface area contributed by atoms with Crippen LogP contribution in [0.3, 0.4) is 0 Å². The van der Waals surface area contributed by atoms with Gasteiger partial charge in [-0.3, -0.25) is 15.1 Å². The van der Waals surface area contributed by atoms with E-state index in [-0.39, 0.29) is 6.10 Å². The summed E-state index contributed by atoms with van der Waals surface area (Å²) >= 11 is 0. The van der Waals surface area contributed by atoms with Gasteiger partial charge in [-0.1, -0.05) is 0 Å². The summed E-state index contributed by atoms with van der Waals surface area (Å²) in [4.78, 5) is 15.4. The number of hydrogen-bond donors (Lipinski definition) is 2. The molecule has 1 aliphatic carbocycles. The van der Waals surface area contributed by atoms with Gasteiger partial charge in [0.25, 0.3) is 0 Å². The molecule has 124 valence electrons. The van der Waals surface area contributed by atoms with E-state index in [9.17, 15) is 5.11 Å². The Morgan fingerprint density at radius 3 is 2.71 bits per heavy atom. The topological polar surface area (TPSA) is 90.3 Å². The third-order valence-electron chi connectivity index (χ3n) is 4.65. The number of nitrogens with zero attached hydrogens (tertiary/aromatic N) is 5. The summed E-state index contributed by atoms with van der Waals surface area (Å²) in [6, 6.07) is 4.39. The summed E-state index contributed by atoms with van der Waals surface area (Å²) in [6.45, 7) is 0.826. The van der Waals surface area contributed by atoms with Gasteiger partial charge in [0.2, 0.25) is 0 Å². The molecule has 1 fully saturated rings. The molecule has 2 N–H and O–H groups in total. The molecule has 24 heavy (non-hydrogen) atoms. The molecule has 0 amide bonds. The summed E-state index contributed by atoms with van der Waals surface area (Å²) in [7, 11) is 0. The number of aliphatic hydroxyl groups excluding tert-OH is 1. The van der Waals surface area contributed by atoms with E-state index in [1.807, 2.05) is 24.5 Å². The number of aliphatic imine (C=N–C) groups is 1. The maximum absolute atomic E-state index is 9.68. The molecule has 4 rings (SSSR count). The van der Waals surface area contributed by atoms with E-state index in [0.717, 1.165) is 49.2 Å². The van der Waals surface area contributed by atoms with Crippen LogP contribution in [-0.4, -0.2) is 55.1 Å². The lowest BCUT2D eigenvalue weighted by atomic mass is 9.92. The first-order chi connectivity index (χ1) is 11.8. The molecule has 0 bridgehead atoms. The molecule has 7 heteroatoms. The van der Waals surface area contributed by atoms with E-state index in [1.54, 1.807) is 0 Å². The van der Waals surface area contributed by atoms with Gasteiger partial charge < -0.3 is 10.0 Å². The van der Waals surface area contributed by atoms with Gasteiger partial charge in [0, 0.05) is 30.2 Å². The van der Waals surface area contributed by atoms with Crippen molar-refractivity contribution < 1.29 is 5.11 Å². The Labute approximate surface area is 140 Å². The number of pyridine rings is 1. The predicted molar refractivity (Wildman–Crippen MR) is 91.1 cm³/mol. The molecule has 0 unspecified atom stereocenters. The second-order valence-corrected chi connectivity index (χ2v) is 6.24. The summed E-state index contributed by atoms with van der Waals surface area (Å²) < 4.78 is 0. The third-order valence-corrected chi connectivity index (χ3v) is 4.65. The highest BCUT2D eigenvalue weighted by Gasteiger charge is 2.24. The number of aromatic amines is 1. The van der Waals surface area contributed by atoms with Crippen molar-refractivity contribution in [2.24, 2.45) is 4.99 Å². The monoisotopic (exact) mass is 324 g/mol. The van der Waals surface area contributed by atoms with Gasteiger partial charge in [-0.25, -0.2) is 4.98 Å². The van der Waals surface area contributed by atoms with Crippen molar-refractivity contribution in [3.63, 3.8) is 0 Å². The first-order valence-corrected chi connectivity index (χ1v) is 8.30. The van der Waals surface area contributed by atoms with Crippen LogP contribution in [0.5, 0.6) is 0 Å². The normalized spacial score (nSPS) is 24.0. The Morgan fingerprint density at radius 1 is 1.12 bits per heavy atom. The standard InChI is InChI=1S/C17H20N6O/c24-14-4-2-13(3-5-14)23-8-7-18-16(10-23)12-1-6-15(19-9-12)17-20-11-21-22-17/h1,6-7,9-11,13-14,24H,2-5,8H2,(H,20,21,22). The van der Waals surface area contributed by atoms with Crippen molar-refractivity contribution in [3.8, 4) is 11.5 Å². The minimum Gasteiger partial charge on any atom is -0.393 e. The van der Waals surface area contributed by atoms with Gasteiger partial charge in [-0.05, 0) is 37.8 Å². The number of aliphatic hydroxyl groups is 1. The molecule has 2 aliphatic rings. The SMILES string of the molecule is OC1CCC(N2C=C(c3ccc(-c4nc[nH]n4)nc3)N=CC2)CC1. The fourth-order valence-electron chi connectivity index (χ4n) is 3.28. The molecule has 3 heterocycles.